The number of carbonyl (C=O) groups is 1. The van der Waals surface area contributed by atoms with Gasteiger partial charge in [0.1, 0.15) is 0 Å². The molecule has 0 N–H and O–H groups in total. The smallest absolute Gasteiger partial charge is 0.282 e. The van der Waals surface area contributed by atoms with Crippen molar-refractivity contribution in [2.75, 3.05) is 0 Å². The highest BCUT2D eigenvalue weighted by Crippen LogP contribution is 2.15. The Hall–Kier alpha value is -1.23. The summed E-state index contributed by atoms with van der Waals surface area (Å²) in [7, 11) is 0. The highest BCUT2D eigenvalue weighted by atomic mass is 19.4. The standard InChI is InChI=1S/C2F3N3O/c3-2(4,5)1(9)7-8-6. The molecular formula is C2F3N3O. The van der Waals surface area contributed by atoms with Crippen LogP contribution in [-0.4, -0.2) is 12.1 Å². The Labute approximate surface area is 46.9 Å². The minimum Gasteiger partial charge on any atom is -0.282 e. The van der Waals surface area contributed by atoms with Crippen LogP contribution in [0.25, 0.3) is 10.4 Å². The maximum atomic E-state index is 11.0. The molecule has 0 unspecified atom stereocenters. The van der Waals surface area contributed by atoms with Crippen molar-refractivity contribution >= 4 is 5.91 Å². The van der Waals surface area contributed by atoms with Crippen molar-refractivity contribution in [1.82, 2.24) is 0 Å². The van der Waals surface area contributed by atoms with Crippen molar-refractivity contribution in [3.8, 4) is 0 Å². The predicted molar refractivity (Wildman–Crippen MR) is 20.2 cm³/mol. The first-order valence-corrected chi connectivity index (χ1v) is 1.64. The van der Waals surface area contributed by atoms with Gasteiger partial charge in [0.05, 0.1) is 0 Å². The number of rotatable bonds is 0. The molecule has 0 atom stereocenters. The van der Waals surface area contributed by atoms with Crippen LogP contribution < -0.4 is 0 Å². The molecule has 0 rings (SSSR count). The van der Waals surface area contributed by atoms with Gasteiger partial charge in [0, 0.05) is 4.91 Å². The number of hydrogen-bond donors (Lipinski definition) is 0. The van der Waals surface area contributed by atoms with Crippen LogP contribution >= 0.6 is 0 Å². The number of carbonyl (C=O) groups excluding carboxylic acids is 1. The third-order valence-corrected chi connectivity index (χ3v) is 0.378. The van der Waals surface area contributed by atoms with Crippen molar-refractivity contribution in [2.24, 2.45) is 5.11 Å². The van der Waals surface area contributed by atoms with E-state index >= 15 is 0 Å². The minimum absolute atomic E-state index is 1.66. The summed E-state index contributed by atoms with van der Waals surface area (Å²) < 4.78 is 33.1. The molecule has 0 fully saturated rings. The second-order valence-electron chi connectivity index (χ2n) is 0.992. The van der Waals surface area contributed by atoms with E-state index in [1.54, 1.807) is 4.91 Å². The van der Waals surface area contributed by atoms with Crippen LogP contribution in [0.15, 0.2) is 5.11 Å². The average molecular weight is 139 g/mol. The molecule has 0 aromatic rings. The van der Waals surface area contributed by atoms with Crippen LogP contribution in [0.1, 0.15) is 0 Å². The lowest BCUT2D eigenvalue weighted by molar-refractivity contribution is -0.169. The van der Waals surface area contributed by atoms with Gasteiger partial charge in [0.2, 0.25) is 0 Å². The fraction of sp³-hybridized carbons (Fsp3) is 0.500. The largest absolute Gasteiger partial charge is 0.456 e. The molecular weight excluding hydrogens is 139 g/mol. The number of alkyl halides is 3. The second kappa shape index (κ2) is 2.36. The van der Waals surface area contributed by atoms with Crippen LogP contribution in [0.3, 0.4) is 0 Å². The van der Waals surface area contributed by atoms with Crippen molar-refractivity contribution in [3.05, 3.63) is 10.4 Å². The van der Waals surface area contributed by atoms with E-state index < -0.39 is 12.1 Å². The number of amides is 1. The van der Waals surface area contributed by atoms with E-state index in [0.717, 1.165) is 0 Å². The van der Waals surface area contributed by atoms with Gasteiger partial charge in [0.25, 0.3) is 0 Å². The highest BCUT2D eigenvalue weighted by molar-refractivity contribution is 5.82. The maximum absolute atomic E-state index is 11.0. The van der Waals surface area contributed by atoms with Crippen LogP contribution in [0.2, 0.25) is 0 Å². The molecule has 0 aliphatic carbocycles. The van der Waals surface area contributed by atoms with Gasteiger partial charge >= 0.3 is 12.1 Å². The molecule has 9 heavy (non-hydrogen) atoms. The Balaban J connectivity index is 4.22. The Morgan fingerprint density at radius 2 is 2.00 bits per heavy atom. The molecule has 0 radical (unpaired) electrons. The summed E-state index contributed by atoms with van der Waals surface area (Å²) in [5, 5.41) is 1.81. The maximum Gasteiger partial charge on any atom is 0.456 e. The predicted octanol–water partition coefficient (Wildman–Crippen LogP) is 1.39. The van der Waals surface area contributed by atoms with E-state index in [0.29, 0.717) is 0 Å². The van der Waals surface area contributed by atoms with Crippen molar-refractivity contribution in [1.29, 1.82) is 0 Å². The van der Waals surface area contributed by atoms with Gasteiger partial charge in [0.15, 0.2) is 0 Å². The fourth-order valence-corrected chi connectivity index (χ4v) is 0.0973. The lowest BCUT2D eigenvalue weighted by atomic mass is 10.6. The molecule has 0 saturated carbocycles. The first kappa shape index (κ1) is 7.77. The van der Waals surface area contributed by atoms with Gasteiger partial charge in [-0.15, -0.1) is 0 Å². The van der Waals surface area contributed by atoms with Crippen molar-refractivity contribution < 1.29 is 18.0 Å². The van der Waals surface area contributed by atoms with E-state index in [1.165, 1.54) is 0 Å². The van der Waals surface area contributed by atoms with E-state index in [-0.39, 0.29) is 0 Å². The van der Waals surface area contributed by atoms with Crippen LogP contribution in [0.4, 0.5) is 13.2 Å². The van der Waals surface area contributed by atoms with E-state index in [4.69, 9.17) is 5.53 Å². The Kier molecular flexibility index (Phi) is 2.04. The van der Waals surface area contributed by atoms with Gasteiger partial charge in [-0.1, -0.05) is 0 Å². The van der Waals surface area contributed by atoms with E-state index in [9.17, 15) is 18.0 Å². The van der Waals surface area contributed by atoms with Gasteiger partial charge < -0.3 is 0 Å². The zero-order valence-electron chi connectivity index (χ0n) is 3.88. The second-order valence-corrected chi connectivity index (χ2v) is 0.992. The molecule has 4 nitrogen and oxygen atoms in total. The summed E-state index contributed by atoms with van der Waals surface area (Å²) in [5.74, 6) is -2.43. The zero-order chi connectivity index (χ0) is 7.49. The molecule has 0 saturated heterocycles. The molecule has 0 aliphatic heterocycles. The van der Waals surface area contributed by atoms with Crippen LogP contribution in [-0.2, 0) is 4.79 Å². The number of azide groups is 1. The Bertz CT molecular complexity index is 166. The van der Waals surface area contributed by atoms with Crippen molar-refractivity contribution in [2.45, 2.75) is 6.18 Å². The highest BCUT2D eigenvalue weighted by Gasteiger charge is 2.37. The molecule has 0 aromatic heterocycles. The quantitative estimate of drug-likeness (QED) is 0.284. The Morgan fingerprint density at radius 3 is 2.11 bits per heavy atom. The molecule has 1 amide bonds. The fourth-order valence-electron chi connectivity index (χ4n) is 0.0973. The normalized spacial score (nSPS) is 10.1. The number of nitrogens with zero attached hydrogens (tertiary/aromatic N) is 3. The Morgan fingerprint density at radius 1 is 1.56 bits per heavy atom. The summed E-state index contributed by atoms with van der Waals surface area (Å²) in [6.45, 7) is 0. The number of hydrogen-bond acceptors (Lipinski definition) is 1. The average Bonchev–Trinajstić information content (AvgIpc) is 1.64. The molecule has 7 heteroatoms. The topological polar surface area (TPSA) is 65.8 Å². The van der Waals surface area contributed by atoms with Gasteiger partial charge in [-0.2, -0.15) is 13.2 Å². The van der Waals surface area contributed by atoms with Crippen LogP contribution in [0, 0.1) is 0 Å². The molecule has 0 aliphatic rings. The molecule has 50 valence electrons. The van der Waals surface area contributed by atoms with Crippen molar-refractivity contribution in [3.63, 3.8) is 0 Å². The summed E-state index contributed by atoms with van der Waals surface area (Å²) in [5.41, 5.74) is 7.34. The van der Waals surface area contributed by atoms with Gasteiger partial charge in [-0.25, -0.2) is 0 Å². The molecule has 0 bridgehead atoms. The third kappa shape index (κ3) is 2.55. The first-order chi connectivity index (χ1) is 3.98. The van der Waals surface area contributed by atoms with Gasteiger partial charge in [-0.3, -0.25) is 4.79 Å². The van der Waals surface area contributed by atoms with Gasteiger partial charge in [-0.05, 0) is 10.6 Å². The molecule has 0 aromatic carbocycles. The minimum atomic E-state index is -5.05. The van der Waals surface area contributed by atoms with Crippen LogP contribution in [0.5, 0.6) is 0 Å². The molecule has 0 heterocycles. The molecule has 0 spiro atoms. The van der Waals surface area contributed by atoms with E-state index in [2.05, 4.69) is 0 Å². The number of halogens is 3. The summed E-state index contributed by atoms with van der Waals surface area (Å²) in [4.78, 5) is 11.2. The summed E-state index contributed by atoms with van der Waals surface area (Å²) in [6.07, 6.45) is -5.05. The lowest BCUT2D eigenvalue weighted by Gasteiger charge is -1.95. The summed E-state index contributed by atoms with van der Waals surface area (Å²) >= 11 is 0. The monoisotopic (exact) mass is 139 g/mol. The van der Waals surface area contributed by atoms with E-state index in [1.807, 2.05) is 5.11 Å². The summed E-state index contributed by atoms with van der Waals surface area (Å²) in [6, 6.07) is 0. The zero-order valence-corrected chi connectivity index (χ0v) is 3.88. The lowest BCUT2D eigenvalue weighted by Crippen LogP contribution is -2.19. The third-order valence-electron chi connectivity index (χ3n) is 0.378. The SMILES string of the molecule is [N-]=[N+]=NC(=O)C(F)(F)F. The first-order valence-electron chi connectivity index (χ1n) is 1.64.